The highest BCUT2D eigenvalue weighted by Crippen LogP contribution is 2.29. The summed E-state index contributed by atoms with van der Waals surface area (Å²) in [5.74, 6) is -1.36. The van der Waals surface area contributed by atoms with E-state index in [2.05, 4.69) is 5.32 Å². The lowest BCUT2D eigenvalue weighted by molar-refractivity contribution is -0.120. The average Bonchev–Trinajstić information content (AvgIpc) is 2.90. The third-order valence-electron chi connectivity index (χ3n) is 4.46. The monoisotopic (exact) mass is 404 g/mol. The van der Waals surface area contributed by atoms with Gasteiger partial charge in [-0.25, -0.2) is 0 Å². The van der Waals surface area contributed by atoms with Crippen molar-refractivity contribution in [2.45, 2.75) is 32.2 Å². The van der Waals surface area contributed by atoms with Crippen LogP contribution in [-0.2, 0) is 4.79 Å². The highest BCUT2D eigenvalue weighted by atomic mass is 35.5. The Morgan fingerprint density at radius 1 is 1.07 bits per heavy atom. The lowest BCUT2D eigenvalue weighted by Crippen LogP contribution is -2.47. The van der Waals surface area contributed by atoms with Crippen LogP contribution < -0.4 is 5.32 Å². The molecule has 0 fully saturated rings. The van der Waals surface area contributed by atoms with Crippen LogP contribution in [0.25, 0.3) is 0 Å². The Labute approximate surface area is 167 Å². The molecule has 0 spiro atoms. The first-order valence-corrected chi connectivity index (χ1v) is 9.42. The number of imide groups is 1. The molecule has 0 bridgehead atoms. The van der Waals surface area contributed by atoms with Crippen LogP contribution in [0.1, 0.15) is 46.9 Å². The highest BCUT2D eigenvalue weighted by Gasteiger charge is 2.42. The lowest BCUT2D eigenvalue weighted by Gasteiger charge is -2.25. The number of unbranched alkanes of at least 4 members (excludes halogenated alkanes) is 1. The summed E-state index contributed by atoms with van der Waals surface area (Å²) >= 11 is 12.0. The molecule has 0 saturated heterocycles. The number of nitrogens with zero attached hydrogens (tertiary/aromatic N) is 1. The molecular weight excluding hydrogens is 387 g/mol. The van der Waals surface area contributed by atoms with Crippen molar-refractivity contribution in [3.05, 3.63) is 63.6 Å². The molecule has 27 heavy (non-hydrogen) atoms. The van der Waals surface area contributed by atoms with E-state index in [0.29, 0.717) is 34.7 Å². The number of carbonyl (C=O) groups excluding carboxylic acids is 3. The van der Waals surface area contributed by atoms with Gasteiger partial charge in [-0.2, -0.15) is 0 Å². The number of fused-ring (bicyclic) bond motifs is 1. The molecule has 2 aromatic rings. The number of nitrogens with one attached hydrogen (secondary N) is 1. The van der Waals surface area contributed by atoms with Crippen LogP contribution >= 0.6 is 23.2 Å². The zero-order valence-electron chi connectivity index (χ0n) is 14.7. The van der Waals surface area contributed by atoms with Gasteiger partial charge >= 0.3 is 0 Å². The quantitative estimate of drug-likeness (QED) is 0.703. The number of anilines is 1. The molecule has 140 valence electrons. The molecule has 1 N–H and O–H groups in total. The van der Waals surface area contributed by atoms with Gasteiger partial charge in [-0.15, -0.1) is 0 Å². The van der Waals surface area contributed by atoms with E-state index in [1.807, 2.05) is 6.92 Å². The third kappa shape index (κ3) is 3.84. The smallest absolute Gasteiger partial charge is 0.262 e. The number of halogens is 2. The maximum Gasteiger partial charge on any atom is 0.262 e. The van der Waals surface area contributed by atoms with Crippen LogP contribution in [0.2, 0.25) is 10.0 Å². The van der Waals surface area contributed by atoms with E-state index in [1.165, 1.54) is 6.07 Å². The van der Waals surface area contributed by atoms with Crippen molar-refractivity contribution in [3.63, 3.8) is 0 Å². The molecule has 0 aliphatic carbocycles. The molecule has 0 radical (unpaired) electrons. The van der Waals surface area contributed by atoms with Gasteiger partial charge in [0.2, 0.25) is 5.91 Å². The second kappa shape index (κ2) is 8.11. The van der Waals surface area contributed by atoms with Gasteiger partial charge in [-0.3, -0.25) is 19.3 Å². The van der Waals surface area contributed by atoms with Gasteiger partial charge in [0, 0.05) is 5.02 Å². The summed E-state index contributed by atoms with van der Waals surface area (Å²) in [4.78, 5) is 39.5. The second-order valence-electron chi connectivity index (χ2n) is 6.30. The van der Waals surface area contributed by atoms with Gasteiger partial charge < -0.3 is 5.32 Å². The zero-order valence-corrected chi connectivity index (χ0v) is 16.2. The maximum atomic E-state index is 12.9. The van der Waals surface area contributed by atoms with Crippen molar-refractivity contribution in [2.75, 3.05) is 5.32 Å². The van der Waals surface area contributed by atoms with Crippen molar-refractivity contribution in [1.29, 1.82) is 0 Å². The van der Waals surface area contributed by atoms with Crippen molar-refractivity contribution >= 4 is 46.6 Å². The second-order valence-corrected chi connectivity index (χ2v) is 7.14. The number of hydrogen-bond donors (Lipinski definition) is 1. The summed E-state index contributed by atoms with van der Waals surface area (Å²) < 4.78 is 0. The van der Waals surface area contributed by atoms with Gasteiger partial charge in [0.15, 0.2) is 0 Å². The minimum Gasteiger partial charge on any atom is -0.323 e. The Hall–Kier alpha value is -2.37. The number of amides is 3. The molecule has 0 aromatic heterocycles. The predicted octanol–water partition coefficient (Wildman–Crippen LogP) is 4.79. The van der Waals surface area contributed by atoms with E-state index in [1.54, 1.807) is 36.4 Å². The summed E-state index contributed by atoms with van der Waals surface area (Å²) in [6, 6.07) is 10.4. The summed E-state index contributed by atoms with van der Waals surface area (Å²) in [5.41, 5.74) is 1.02. The van der Waals surface area contributed by atoms with Crippen molar-refractivity contribution in [3.8, 4) is 0 Å². The standard InChI is InChI=1S/C20H18Cl2N2O3/c1-2-3-8-17(18(25)23-16-10-9-12(21)11-15(16)22)24-19(26)13-6-4-5-7-14(13)20(24)27/h4-7,9-11,17H,2-3,8H2,1H3,(H,23,25). The summed E-state index contributed by atoms with van der Waals surface area (Å²) in [6.45, 7) is 1.98. The van der Waals surface area contributed by atoms with E-state index in [9.17, 15) is 14.4 Å². The highest BCUT2D eigenvalue weighted by molar-refractivity contribution is 6.36. The molecule has 1 heterocycles. The van der Waals surface area contributed by atoms with Crippen molar-refractivity contribution in [2.24, 2.45) is 0 Å². The Bertz CT molecular complexity index is 879. The fourth-order valence-corrected chi connectivity index (χ4v) is 3.53. The van der Waals surface area contributed by atoms with Gasteiger partial charge in [-0.05, 0) is 36.8 Å². The molecule has 0 saturated carbocycles. The Morgan fingerprint density at radius 3 is 2.26 bits per heavy atom. The van der Waals surface area contributed by atoms with Crippen molar-refractivity contribution < 1.29 is 14.4 Å². The lowest BCUT2D eigenvalue weighted by atomic mass is 10.1. The number of hydrogen-bond acceptors (Lipinski definition) is 3. The van der Waals surface area contributed by atoms with Gasteiger partial charge in [0.1, 0.15) is 6.04 Å². The first-order valence-electron chi connectivity index (χ1n) is 8.67. The average molecular weight is 405 g/mol. The largest absolute Gasteiger partial charge is 0.323 e. The molecule has 2 aromatic carbocycles. The van der Waals surface area contributed by atoms with Gasteiger partial charge in [0.05, 0.1) is 21.8 Å². The predicted molar refractivity (Wildman–Crippen MR) is 105 cm³/mol. The Kier molecular flexibility index (Phi) is 5.82. The topological polar surface area (TPSA) is 66.5 Å². The van der Waals surface area contributed by atoms with E-state index >= 15 is 0 Å². The number of benzene rings is 2. The molecule has 7 heteroatoms. The zero-order chi connectivity index (χ0) is 19.6. The fourth-order valence-electron chi connectivity index (χ4n) is 3.07. The van der Waals surface area contributed by atoms with E-state index in [4.69, 9.17) is 23.2 Å². The molecule has 5 nitrogen and oxygen atoms in total. The SMILES string of the molecule is CCCCC(C(=O)Nc1ccc(Cl)cc1Cl)N1C(=O)c2ccccc2C1=O. The van der Waals surface area contributed by atoms with E-state index < -0.39 is 23.8 Å². The molecule has 3 rings (SSSR count). The minimum atomic E-state index is -0.913. The molecule has 1 unspecified atom stereocenters. The molecular formula is C20H18Cl2N2O3. The van der Waals surface area contributed by atoms with Crippen LogP contribution in [0.4, 0.5) is 5.69 Å². The van der Waals surface area contributed by atoms with E-state index in [-0.39, 0.29) is 5.02 Å². The van der Waals surface area contributed by atoms with Gasteiger partial charge in [-0.1, -0.05) is 55.1 Å². The summed E-state index contributed by atoms with van der Waals surface area (Å²) in [7, 11) is 0. The summed E-state index contributed by atoms with van der Waals surface area (Å²) in [5, 5.41) is 3.45. The van der Waals surface area contributed by atoms with Gasteiger partial charge in [0.25, 0.3) is 11.8 Å². The van der Waals surface area contributed by atoms with Crippen LogP contribution in [0.15, 0.2) is 42.5 Å². The third-order valence-corrected chi connectivity index (χ3v) is 5.01. The number of rotatable bonds is 6. The molecule has 1 aliphatic heterocycles. The summed E-state index contributed by atoms with van der Waals surface area (Å²) in [6.07, 6.45) is 1.90. The Morgan fingerprint density at radius 2 is 1.70 bits per heavy atom. The Balaban J connectivity index is 1.89. The normalized spacial score (nSPS) is 14.3. The fraction of sp³-hybridized carbons (Fsp3) is 0.250. The van der Waals surface area contributed by atoms with Crippen molar-refractivity contribution in [1.82, 2.24) is 4.90 Å². The molecule has 3 amide bonds. The van der Waals surface area contributed by atoms with E-state index in [0.717, 1.165) is 11.3 Å². The van der Waals surface area contributed by atoms with Crippen LogP contribution in [0, 0.1) is 0 Å². The van der Waals surface area contributed by atoms with Crippen LogP contribution in [0.3, 0.4) is 0 Å². The molecule has 1 atom stereocenters. The van der Waals surface area contributed by atoms with Crippen LogP contribution in [-0.4, -0.2) is 28.7 Å². The first-order chi connectivity index (χ1) is 12.9. The number of carbonyl (C=O) groups is 3. The minimum absolute atomic E-state index is 0.285. The van der Waals surface area contributed by atoms with Crippen LogP contribution in [0.5, 0.6) is 0 Å². The maximum absolute atomic E-state index is 12.9. The first kappa shape index (κ1) is 19.4. The molecule has 1 aliphatic rings.